The molecule has 1 unspecified atom stereocenters. The minimum absolute atomic E-state index is 0.0862. The number of amides is 1. The highest BCUT2D eigenvalue weighted by Crippen LogP contribution is 2.23. The largest absolute Gasteiger partial charge is 0.383 e. The van der Waals surface area contributed by atoms with Gasteiger partial charge in [0, 0.05) is 28.8 Å². The Labute approximate surface area is 143 Å². The first kappa shape index (κ1) is 17.0. The molecule has 0 saturated heterocycles. The molecule has 0 spiro atoms. The molecule has 0 aliphatic rings. The maximum absolute atomic E-state index is 13.8. The van der Waals surface area contributed by atoms with Gasteiger partial charge < -0.3 is 10.4 Å². The highest BCUT2D eigenvalue weighted by Gasteiger charge is 2.27. The van der Waals surface area contributed by atoms with Crippen LogP contribution in [0.1, 0.15) is 22.8 Å². The predicted octanol–water partition coefficient (Wildman–Crippen LogP) is 3.15. The Kier molecular flexibility index (Phi) is 4.46. The van der Waals surface area contributed by atoms with Gasteiger partial charge in [-0.05, 0) is 37.3 Å². The van der Waals surface area contributed by atoms with Crippen LogP contribution < -0.4 is 5.32 Å². The lowest BCUT2D eigenvalue weighted by atomic mass is 9.95. The molecule has 1 heterocycles. The van der Waals surface area contributed by atoms with Crippen molar-refractivity contribution in [1.29, 1.82) is 0 Å². The first-order valence-corrected chi connectivity index (χ1v) is 7.68. The summed E-state index contributed by atoms with van der Waals surface area (Å²) in [7, 11) is 0. The van der Waals surface area contributed by atoms with Crippen LogP contribution in [0.3, 0.4) is 0 Å². The van der Waals surface area contributed by atoms with Crippen LogP contribution in [-0.4, -0.2) is 22.5 Å². The maximum Gasteiger partial charge on any atom is 0.251 e. The Morgan fingerprint density at radius 1 is 1.20 bits per heavy atom. The SMILES string of the molecule is CC(O)(CNC(=O)c1ccc2ncccc2c1)c1ccc(F)cc1F. The van der Waals surface area contributed by atoms with Gasteiger partial charge in [0.05, 0.1) is 12.1 Å². The number of rotatable bonds is 4. The number of hydrogen-bond acceptors (Lipinski definition) is 3. The van der Waals surface area contributed by atoms with Gasteiger partial charge in [-0.25, -0.2) is 8.78 Å². The van der Waals surface area contributed by atoms with Gasteiger partial charge in [-0.2, -0.15) is 0 Å². The highest BCUT2D eigenvalue weighted by molar-refractivity contribution is 5.97. The smallest absolute Gasteiger partial charge is 0.251 e. The quantitative estimate of drug-likeness (QED) is 0.766. The molecule has 0 saturated carbocycles. The average Bonchev–Trinajstić information content (AvgIpc) is 2.59. The van der Waals surface area contributed by atoms with Crippen LogP contribution in [0.4, 0.5) is 8.78 Å². The third kappa shape index (κ3) is 3.64. The van der Waals surface area contributed by atoms with Crippen molar-refractivity contribution in [2.45, 2.75) is 12.5 Å². The topological polar surface area (TPSA) is 62.2 Å². The molecule has 25 heavy (non-hydrogen) atoms. The number of pyridine rings is 1. The number of aliphatic hydroxyl groups is 1. The Bertz CT molecular complexity index is 942. The predicted molar refractivity (Wildman–Crippen MR) is 90.0 cm³/mol. The molecule has 6 heteroatoms. The van der Waals surface area contributed by atoms with Crippen LogP contribution >= 0.6 is 0 Å². The van der Waals surface area contributed by atoms with Gasteiger partial charge in [0.25, 0.3) is 5.91 Å². The first-order chi connectivity index (χ1) is 11.9. The van der Waals surface area contributed by atoms with Crippen molar-refractivity contribution in [3.63, 3.8) is 0 Å². The lowest BCUT2D eigenvalue weighted by Crippen LogP contribution is -2.39. The summed E-state index contributed by atoms with van der Waals surface area (Å²) in [5.74, 6) is -2.00. The lowest BCUT2D eigenvalue weighted by Gasteiger charge is -2.24. The second-order valence-corrected chi connectivity index (χ2v) is 5.99. The van der Waals surface area contributed by atoms with Gasteiger partial charge in [0.2, 0.25) is 0 Å². The summed E-state index contributed by atoms with van der Waals surface area (Å²) in [5.41, 5.74) is -0.599. The molecule has 0 bridgehead atoms. The monoisotopic (exact) mass is 342 g/mol. The van der Waals surface area contributed by atoms with Crippen molar-refractivity contribution in [2.75, 3.05) is 6.54 Å². The summed E-state index contributed by atoms with van der Waals surface area (Å²) in [5, 5.41) is 13.8. The second-order valence-electron chi connectivity index (χ2n) is 5.99. The van der Waals surface area contributed by atoms with Crippen LogP contribution in [0, 0.1) is 11.6 Å². The Morgan fingerprint density at radius 3 is 2.76 bits per heavy atom. The van der Waals surface area contributed by atoms with Crippen molar-refractivity contribution in [2.24, 2.45) is 0 Å². The van der Waals surface area contributed by atoms with E-state index < -0.39 is 23.1 Å². The molecule has 3 rings (SSSR count). The number of carbonyl (C=O) groups is 1. The fourth-order valence-electron chi connectivity index (χ4n) is 2.59. The van der Waals surface area contributed by atoms with E-state index in [0.29, 0.717) is 11.6 Å². The summed E-state index contributed by atoms with van der Waals surface area (Å²) in [4.78, 5) is 16.5. The van der Waals surface area contributed by atoms with Gasteiger partial charge in [0.1, 0.15) is 17.2 Å². The maximum atomic E-state index is 13.8. The number of nitrogens with zero attached hydrogens (tertiary/aromatic N) is 1. The Hall–Kier alpha value is -2.86. The molecular weight excluding hydrogens is 326 g/mol. The van der Waals surface area contributed by atoms with E-state index in [1.807, 2.05) is 6.07 Å². The lowest BCUT2D eigenvalue weighted by molar-refractivity contribution is 0.0494. The molecule has 4 nitrogen and oxygen atoms in total. The molecule has 0 aliphatic heterocycles. The molecule has 128 valence electrons. The molecule has 1 atom stereocenters. The number of hydrogen-bond donors (Lipinski definition) is 2. The van der Waals surface area contributed by atoms with E-state index in [-0.39, 0.29) is 12.1 Å². The summed E-state index contributed by atoms with van der Waals surface area (Å²) < 4.78 is 26.9. The molecule has 0 aliphatic carbocycles. The van der Waals surface area contributed by atoms with Gasteiger partial charge in [-0.1, -0.05) is 12.1 Å². The zero-order valence-corrected chi connectivity index (χ0v) is 13.5. The van der Waals surface area contributed by atoms with Crippen molar-refractivity contribution in [3.8, 4) is 0 Å². The number of benzene rings is 2. The highest BCUT2D eigenvalue weighted by atomic mass is 19.1. The third-order valence-electron chi connectivity index (χ3n) is 3.97. The Morgan fingerprint density at radius 2 is 2.00 bits per heavy atom. The van der Waals surface area contributed by atoms with Crippen molar-refractivity contribution in [1.82, 2.24) is 10.3 Å². The second kappa shape index (κ2) is 6.57. The van der Waals surface area contributed by atoms with Gasteiger partial charge in [-0.3, -0.25) is 9.78 Å². The van der Waals surface area contributed by atoms with Crippen LogP contribution in [0.15, 0.2) is 54.7 Å². The first-order valence-electron chi connectivity index (χ1n) is 7.68. The van der Waals surface area contributed by atoms with Gasteiger partial charge >= 0.3 is 0 Å². The summed E-state index contributed by atoms with van der Waals surface area (Å²) in [6.45, 7) is 1.13. The summed E-state index contributed by atoms with van der Waals surface area (Å²) in [6, 6.07) is 11.6. The van der Waals surface area contributed by atoms with E-state index in [0.717, 1.165) is 17.0 Å². The van der Waals surface area contributed by atoms with E-state index in [4.69, 9.17) is 0 Å². The summed E-state index contributed by atoms with van der Waals surface area (Å²) in [6.07, 6.45) is 1.66. The molecule has 2 N–H and O–H groups in total. The fourth-order valence-corrected chi connectivity index (χ4v) is 2.59. The van der Waals surface area contributed by atoms with Gasteiger partial charge in [0.15, 0.2) is 0 Å². The van der Waals surface area contributed by atoms with E-state index in [9.17, 15) is 18.7 Å². The molecule has 3 aromatic rings. The minimum atomic E-state index is -1.67. The van der Waals surface area contributed by atoms with Crippen LogP contribution in [0.25, 0.3) is 10.9 Å². The van der Waals surface area contributed by atoms with Crippen molar-refractivity contribution in [3.05, 3.63) is 77.5 Å². The Balaban J connectivity index is 1.75. The van der Waals surface area contributed by atoms with Gasteiger partial charge in [-0.15, -0.1) is 0 Å². The zero-order valence-electron chi connectivity index (χ0n) is 13.5. The fraction of sp³-hybridized carbons (Fsp3) is 0.158. The van der Waals surface area contributed by atoms with Crippen molar-refractivity contribution >= 4 is 16.8 Å². The van der Waals surface area contributed by atoms with E-state index in [1.165, 1.54) is 13.0 Å². The number of halogens is 2. The molecule has 0 radical (unpaired) electrons. The average molecular weight is 342 g/mol. The molecule has 1 aromatic heterocycles. The number of carbonyl (C=O) groups excluding carboxylic acids is 1. The standard InChI is InChI=1S/C19H16F2N2O2/c1-19(25,15-6-5-14(20)10-16(15)21)11-23-18(24)13-4-7-17-12(9-13)3-2-8-22-17/h2-10,25H,11H2,1H3,(H,23,24). The van der Waals surface area contributed by atoms with E-state index in [2.05, 4.69) is 10.3 Å². The normalized spacial score (nSPS) is 13.4. The molecular formula is C19H16F2N2O2. The van der Waals surface area contributed by atoms with Crippen LogP contribution in [0.5, 0.6) is 0 Å². The van der Waals surface area contributed by atoms with E-state index in [1.54, 1.807) is 30.5 Å². The summed E-state index contributed by atoms with van der Waals surface area (Å²) >= 11 is 0. The number of nitrogens with one attached hydrogen (secondary N) is 1. The number of fused-ring (bicyclic) bond motifs is 1. The van der Waals surface area contributed by atoms with Crippen LogP contribution in [-0.2, 0) is 5.60 Å². The molecule has 1 amide bonds. The number of aromatic nitrogens is 1. The third-order valence-corrected chi connectivity index (χ3v) is 3.97. The zero-order chi connectivity index (χ0) is 18.0. The minimum Gasteiger partial charge on any atom is -0.383 e. The van der Waals surface area contributed by atoms with E-state index >= 15 is 0 Å². The van der Waals surface area contributed by atoms with Crippen molar-refractivity contribution < 1.29 is 18.7 Å². The van der Waals surface area contributed by atoms with Crippen LogP contribution in [0.2, 0.25) is 0 Å². The molecule has 2 aromatic carbocycles. The molecule has 0 fully saturated rings.